The highest BCUT2D eigenvalue weighted by Crippen LogP contribution is 2.30. The molecule has 0 atom stereocenters. The molecule has 1 aliphatic rings. The van der Waals surface area contributed by atoms with Gasteiger partial charge >= 0.3 is 0 Å². The number of hydrogen-bond donors (Lipinski definition) is 2. The smallest absolute Gasteiger partial charge is 0.208 e. The second kappa shape index (κ2) is 11.0. The van der Waals surface area contributed by atoms with Gasteiger partial charge < -0.3 is 24.5 Å². The second-order valence-corrected chi connectivity index (χ2v) is 7.85. The van der Waals surface area contributed by atoms with Crippen LogP contribution in [0.15, 0.2) is 27.6 Å². The second-order valence-electron chi connectivity index (χ2n) is 7.85. The molecular formula is C23H35N5O3. The van der Waals surface area contributed by atoms with Gasteiger partial charge in [0.2, 0.25) is 5.89 Å². The summed E-state index contributed by atoms with van der Waals surface area (Å²) in [6.45, 7) is 10.3. The molecule has 2 heterocycles. The van der Waals surface area contributed by atoms with Crippen LogP contribution in [0.4, 0.5) is 5.69 Å². The van der Waals surface area contributed by atoms with Crippen molar-refractivity contribution in [3.05, 3.63) is 35.5 Å². The van der Waals surface area contributed by atoms with Crippen molar-refractivity contribution >= 4 is 11.6 Å². The largest absolute Gasteiger partial charge is 0.493 e. The molecule has 3 rings (SSSR count). The van der Waals surface area contributed by atoms with E-state index < -0.39 is 0 Å². The molecule has 0 bridgehead atoms. The minimum Gasteiger partial charge on any atom is -0.493 e. The number of likely N-dealkylation sites (tertiary alicyclic amines) is 1. The van der Waals surface area contributed by atoms with E-state index in [1.54, 1.807) is 14.2 Å². The van der Waals surface area contributed by atoms with Crippen molar-refractivity contribution in [2.45, 2.75) is 40.2 Å². The topological polar surface area (TPSA) is 84.2 Å². The number of oxazole rings is 1. The zero-order valence-electron chi connectivity index (χ0n) is 19.3. The minimum atomic E-state index is 0.600. The maximum absolute atomic E-state index is 5.73. The number of nitrogens with one attached hydrogen (secondary N) is 2. The van der Waals surface area contributed by atoms with E-state index in [-0.39, 0.29) is 0 Å². The third-order valence-corrected chi connectivity index (χ3v) is 5.65. The summed E-state index contributed by atoms with van der Waals surface area (Å²) in [5.74, 6) is 4.53. The van der Waals surface area contributed by atoms with Gasteiger partial charge in [-0.15, -0.1) is 0 Å². The Morgan fingerprint density at radius 3 is 2.65 bits per heavy atom. The molecule has 1 aromatic heterocycles. The van der Waals surface area contributed by atoms with Crippen molar-refractivity contribution in [3.63, 3.8) is 0 Å². The van der Waals surface area contributed by atoms with Crippen LogP contribution < -0.4 is 20.1 Å². The summed E-state index contributed by atoms with van der Waals surface area (Å²) in [6.07, 6.45) is 2.28. The predicted octanol–water partition coefficient (Wildman–Crippen LogP) is 3.60. The van der Waals surface area contributed by atoms with E-state index in [0.717, 1.165) is 73.8 Å². The first-order valence-electron chi connectivity index (χ1n) is 11.0. The van der Waals surface area contributed by atoms with Crippen LogP contribution in [0.1, 0.15) is 37.1 Å². The summed E-state index contributed by atoms with van der Waals surface area (Å²) < 4.78 is 16.7. The van der Waals surface area contributed by atoms with E-state index in [1.807, 2.05) is 39.0 Å². The van der Waals surface area contributed by atoms with Gasteiger partial charge in [-0.2, -0.15) is 0 Å². The molecule has 1 aliphatic heterocycles. The summed E-state index contributed by atoms with van der Waals surface area (Å²) in [4.78, 5) is 11.3. The number of guanidine groups is 1. The van der Waals surface area contributed by atoms with Crippen molar-refractivity contribution in [1.82, 2.24) is 15.2 Å². The van der Waals surface area contributed by atoms with E-state index in [1.165, 1.54) is 0 Å². The molecule has 1 saturated heterocycles. The Balaban J connectivity index is 1.45. The number of nitrogens with zero attached hydrogens (tertiary/aromatic N) is 3. The first-order valence-corrected chi connectivity index (χ1v) is 11.0. The van der Waals surface area contributed by atoms with Crippen molar-refractivity contribution in [2.75, 3.05) is 45.7 Å². The number of anilines is 1. The summed E-state index contributed by atoms with van der Waals surface area (Å²) in [5, 5.41) is 6.79. The first-order chi connectivity index (χ1) is 15.0. The van der Waals surface area contributed by atoms with Gasteiger partial charge in [0.25, 0.3) is 0 Å². The van der Waals surface area contributed by atoms with E-state index in [2.05, 4.69) is 25.5 Å². The molecule has 170 valence electrons. The van der Waals surface area contributed by atoms with Crippen molar-refractivity contribution in [2.24, 2.45) is 10.9 Å². The third kappa shape index (κ3) is 6.37. The molecule has 1 fully saturated rings. The number of benzene rings is 1. The molecule has 0 radical (unpaired) electrons. The molecular weight excluding hydrogens is 394 g/mol. The number of hydrogen-bond acceptors (Lipinski definition) is 6. The first kappa shape index (κ1) is 22.9. The van der Waals surface area contributed by atoms with Crippen molar-refractivity contribution in [1.29, 1.82) is 0 Å². The molecule has 0 saturated carbocycles. The number of aryl methyl sites for hydroxylation is 2. The molecule has 0 spiro atoms. The monoisotopic (exact) mass is 429 g/mol. The molecule has 8 heteroatoms. The average molecular weight is 430 g/mol. The third-order valence-electron chi connectivity index (χ3n) is 5.65. The van der Waals surface area contributed by atoms with Crippen molar-refractivity contribution < 1.29 is 13.9 Å². The summed E-state index contributed by atoms with van der Waals surface area (Å²) in [6, 6.07) is 5.79. The lowest BCUT2D eigenvalue weighted by Crippen LogP contribution is -2.40. The molecule has 1 aromatic carbocycles. The lowest BCUT2D eigenvalue weighted by molar-refractivity contribution is 0.164. The van der Waals surface area contributed by atoms with Gasteiger partial charge in [0.1, 0.15) is 5.76 Å². The Morgan fingerprint density at radius 2 is 2.03 bits per heavy atom. The maximum Gasteiger partial charge on any atom is 0.208 e. The molecule has 0 amide bonds. The molecule has 2 N–H and O–H groups in total. The van der Waals surface area contributed by atoms with Crippen molar-refractivity contribution in [3.8, 4) is 11.5 Å². The average Bonchev–Trinajstić information content (AvgIpc) is 3.09. The Morgan fingerprint density at radius 1 is 1.26 bits per heavy atom. The number of aromatic nitrogens is 1. The Bertz CT molecular complexity index is 853. The van der Waals surface area contributed by atoms with Gasteiger partial charge in [-0.25, -0.2) is 4.98 Å². The van der Waals surface area contributed by atoms with Gasteiger partial charge in [0.05, 0.1) is 26.0 Å². The quantitative estimate of drug-likeness (QED) is 0.490. The molecule has 0 unspecified atom stereocenters. The fourth-order valence-corrected chi connectivity index (χ4v) is 3.72. The van der Waals surface area contributed by atoms with Crippen LogP contribution in [0.2, 0.25) is 0 Å². The maximum atomic E-state index is 5.73. The minimum absolute atomic E-state index is 0.600. The molecule has 31 heavy (non-hydrogen) atoms. The Labute approximate surface area is 185 Å². The van der Waals surface area contributed by atoms with E-state index in [4.69, 9.17) is 13.9 Å². The summed E-state index contributed by atoms with van der Waals surface area (Å²) in [7, 11) is 3.43. The van der Waals surface area contributed by atoms with Gasteiger partial charge in [-0.1, -0.05) is 0 Å². The molecule has 0 aliphatic carbocycles. The van der Waals surface area contributed by atoms with Gasteiger partial charge in [0.15, 0.2) is 17.5 Å². The van der Waals surface area contributed by atoms with Crippen LogP contribution in [0, 0.1) is 19.8 Å². The lowest BCUT2D eigenvalue weighted by Gasteiger charge is -2.31. The Hall–Kier alpha value is -2.74. The summed E-state index contributed by atoms with van der Waals surface area (Å²) >= 11 is 0. The number of ether oxygens (including phenoxy) is 2. The number of rotatable bonds is 8. The fourth-order valence-electron chi connectivity index (χ4n) is 3.72. The van der Waals surface area contributed by atoms with Crippen LogP contribution in [0.5, 0.6) is 11.5 Å². The number of methoxy groups -OCH3 is 1. The van der Waals surface area contributed by atoms with Crippen LogP contribution in [-0.4, -0.2) is 56.2 Å². The highest BCUT2D eigenvalue weighted by molar-refractivity contribution is 5.93. The normalized spacial score (nSPS) is 15.7. The van der Waals surface area contributed by atoms with E-state index in [9.17, 15) is 0 Å². The predicted molar refractivity (Wildman–Crippen MR) is 123 cm³/mol. The fraction of sp³-hybridized carbons (Fsp3) is 0.565. The highest BCUT2D eigenvalue weighted by atomic mass is 16.5. The molecule has 2 aromatic rings. The SMILES string of the molecule is CCOc1ccc(NC(=NC)NCC2CCN(Cc3nc(C)c(C)o3)CC2)cc1OC. The summed E-state index contributed by atoms with van der Waals surface area (Å²) in [5.41, 5.74) is 1.89. The van der Waals surface area contributed by atoms with Crippen LogP contribution >= 0.6 is 0 Å². The van der Waals surface area contributed by atoms with Crippen LogP contribution in [0.25, 0.3) is 0 Å². The standard InChI is InChI=1S/C23H35N5O3/c1-6-30-20-8-7-19(13-21(20)29-5)27-23(24-4)25-14-18-9-11-28(12-10-18)15-22-26-16(2)17(3)31-22/h7-8,13,18H,6,9-12,14-15H2,1-5H3,(H2,24,25,27). The number of piperidine rings is 1. The lowest BCUT2D eigenvalue weighted by atomic mass is 9.97. The van der Waals surface area contributed by atoms with E-state index >= 15 is 0 Å². The van der Waals surface area contributed by atoms with E-state index in [0.29, 0.717) is 18.3 Å². The highest BCUT2D eigenvalue weighted by Gasteiger charge is 2.21. The van der Waals surface area contributed by atoms with Gasteiger partial charge in [-0.3, -0.25) is 9.89 Å². The number of aliphatic imine (C=N–C) groups is 1. The van der Waals surface area contributed by atoms with Gasteiger partial charge in [0, 0.05) is 25.3 Å². The Kier molecular flexibility index (Phi) is 8.17. The molecule has 8 nitrogen and oxygen atoms in total. The van der Waals surface area contributed by atoms with Gasteiger partial charge in [-0.05, 0) is 64.8 Å². The zero-order valence-corrected chi connectivity index (χ0v) is 19.3. The van der Waals surface area contributed by atoms with Crippen LogP contribution in [-0.2, 0) is 6.54 Å². The van der Waals surface area contributed by atoms with Crippen LogP contribution in [0.3, 0.4) is 0 Å². The zero-order chi connectivity index (χ0) is 22.2.